The third-order valence-electron chi connectivity index (χ3n) is 2.58. The van der Waals surface area contributed by atoms with Gasteiger partial charge in [-0.1, -0.05) is 11.6 Å². The number of aromatic nitrogens is 1. The van der Waals surface area contributed by atoms with Crippen molar-refractivity contribution in [2.45, 2.75) is 0 Å². The number of anilines is 1. The van der Waals surface area contributed by atoms with Crippen LogP contribution in [0.25, 0.3) is 0 Å². The van der Waals surface area contributed by atoms with Crippen LogP contribution in [0.2, 0.25) is 5.02 Å². The maximum Gasteiger partial charge on any atom is 0.344 e. The number of amides is 1. The highest BCUT2D eigenvalue weighted by Gasteiger charge is 2.14. The number of carbonyl (C=O) groups excluding carboxylic acids is 2. The number of carbonyl (C=O) groups is 2. The molecule has 0 saturated carbocycles. The van der Waals surface area contributed by atoms with Gasteiger partial charge in [0, 0.05) is 11.2 Å². The van der Waals surface area contributed by atoms with Crippen molar-refractivity contribution in [1.29, 1.82) is 0 Å². The fourth-order valence-electron chi connectivity index (χ4n) is 1.57. The lowest BCUT2D eigenvalue weighted by atomic mass is 10.3. The van der Waals surface area contributed by atoms with Crippen molar-refractivity contribution < 1.29 is 18.7 Å². The van der Waals surface area contributed by atoms with Crippen LogP contribution < -0.4 is 10.9 Å². The van der Waals surface area contributed by atoms with E-state index in [4.69, 9.17) is 11.6 Å². The molecule has 0 unspecified atom stereocenters. The molecule has 0 saturated heterocycles. The average Bonchev–Trinajstić information content (AvgIpc) is 2.48. The zero-order valence-electron chi connectivity index (χ0n) is 11.1. The molecule has 0 atom stereocenters. The summed E-state index contributed by atoms with van der Waals surface area (Å²) in [6, 6.07) is 6.42. The summed E-state index contributed by atoms with van der Waals surface area (Å²) in [5.74, 6) is -2.41. The van der Waals surface area contributed by atoms with E-state index in [0.717, 1.165) is 6.07 Å². The van der Waals surface area contributed by atoms with Crippen molar-refractivity contribution in [2.24, 2.45) is 0 Å². The Kier molecular flexibility index (Phi) is 4.90. The zero-order valence-corrected chi connectivity index (χ0v) is 11.8. The summed E-state index contributed by atoms with van der Waals surface area (Å²) in [6.45, 7) is -0.658. The maximum atomic E-state index is 13.5. The molecule has 0 aliphatic carbocycles. The quantitative estimate of drug-likeness (QED) is 0.841. The van der Waals surface area contributed by atoms with Gasteiger partial charge in [0.05, 0.1) is 5.69 Å². The molecule has 0 spiro atoms. The van der Waals surface area contributed by atoms with Gasteiger partial charge in [-0.2, -0.15) is 0 Å². The number of H-pyrrole nitrogens is 1. The number of rotatable bonds is 4. The molecule has 2 aromatic rings. The molecule has 1 amide bonds. The predicted molar refractivity (Wildman–Crippen MR) is 77.4 cm³/mol. The Hall–Kier alpha value is -2.67. The summed E-state index contributed by atoms with van der Waals surface area (Å²) in [5.41, 5.74) is -0.951. The molecule has 2 rings (SSSR count). The Morgan fingerprint density at radius 1 is 1.32 bits per heavy atom. The lowest BCUT2D eigenvalue weighted by Crippen LogP contribution is -2.24. The first-order chi connectivity index (χ1) is 10.5. The highest BCUT2D eigenvalue weighted by molar-refractivity contribution is 6.30. The van der Waals surface area contributed by atoms with E-state index in [1.54, 1.807) is 0 Å². The molecule has 6 nitrogen and oxygen atoms in total. The lowest BCUT2D eigenvalue weighted by molar-refractivity contribution is -0.119. The number of benzene rings is 1. The maximum absolute atomic E-state index is 13.5. The van der Waals surface area contributed by atoms with Crippen molar-refractivity contribution in [3.63, 3.8) is 0 Å². The average molecular weight is 325 g/mol. The molecule has 0 bridgehead atoms. The number of halogens is 2. The third-order valence-corrected chi connectivity index (χ3v) is 2.81. The number of aromatic amines is 1. The van der Waals surface area contributed by atoms with E-state index in [2.05, 4.69) is 15.0 Å². The molecule has 0 aliphatic heterocycles. The third kappa shape index (κ3) is 3.92. The van der Waals surface area contributed by atoms with Gasteiger partial charge in [0.25, 0.3) is 11.5 Å². The number of esters is 1. The number of nitrogens with one attached hydrogen (secondary N) is 2. The fourth-order valence-corrected chi connectivity index (χ4v) is 1.73. The van der Waals surface area contributed by atoms with E-state index in [1.165, 1.54) is 30.5 Å². The highest BCUT2D eigenvalue weighted by atomic mass is 35.5. The smallest absolute Gasteiger partial charge is 0.344 e. The summed E-state index contributed by atoms with van der Waals surface area (Å²) in [7, 11) is 0. The molecule has 22 heavy (non-hydrogen) atoms. The lowest BCUT2D eigenvalue weighted by Gasteiger charge is -2.07. The van der Waals surface area contributed by atoms with Crippen LogP contribution in [0.4, 0.5) is 10.1 Å². The van der Waals surface area contributed by atoms with Crippen molar-refractivity contribution in [2.75, 3.05) is 11.9 Å². The summed E-state index contributed by atoms with van der Waals surface area (Å²) >= 11 is 5.58. The molecule has 114 valence electrons. The van der Waals surface area contributed by atoms with Gasteiger partial charge in [0.15, 0.2) is 6.61 Å². The minimum Gasteiger partial charge on any atom is -0.452 e. The number of hydrogen-bond donors (Lipinski definition) is 2. The van der Waals surface area contributed by atoms with Gasteiger partial charge in [-0.3, -0.25) is 9.59 Å². The molecular weight excluding hydrogens is 315 g/mol. The van der Waals surface area contributed by atoms with Gasteiger partial charge < -0.3 is 15.0 Å². The van der Waals surface area contributed by atoms with Crippen LogP contribution in [0.15, 0.2) is 41.3 Å². The Morgan fingerprint density at radius 3 is 2.77 bits per heavy atom. The Balaban J connectivity index is 1.94. The number of hydrogen-bond acceptors (Lipinski definition) is 4. The van der Waals surface area contributed by atoms with Crippen LogP contribution >= 0.6 is 11.6 Å². The Morgan fingerprint density at radius 2 is 2.09 bits per heavy atom. The molecule has 0 radical (unpaired) electrons. The fraction of sp³-hybridized carbons (Fsp3) is 0.0714. The van der Waals surface area contributed by atoms with E-state index < -0.39 is 29.9 Å². The normalized spacial score (nSPS) is 10.1. The molecule has 0 fully saturated rings. The molecule has 1 heterocycles. The van der Waals surface area contributed by atoms with Gasteiger partial charge >= 0.3 is 5.97 Å². The van der Waals surface area contributed by atoms with Crippen molar-refractivity contribution in [1.82, 2.24) is 4.98 Å². The second-order valence-corrected chi connectivity index (χ2v) is 4.60. The summed E-state index contributed by atoms with van der Waals surface area (Å²) in [5, 5.41) is 2.41. The van der Waals surface area contributed by atoms with Gasteiger partial charge in [0.2, 0.25) is 0 Å². The second kappa shape index (κ2) is 6.86. The van der Waals surface area contributed by atoms with Crippen molar-refractivity contribution in [3.8, 4) is 0 Å². The van der Waals surface area contributed by atoms with Gasteiger partial charge in [-0.15, -0.1) is 0 Å². The first kappa shape index (κ1) is 15.7. The number of pyridine rings is 1. The largest absolute Gasteiger partial charge is 0.452 e. The molecule has 8 heteroatoms. The monoisotopic (exact) mass is 324 g/mol. The minimum absolute atomic E-state index is 0.0944. The SMILES string of the molecule is O=C(COC(=O)c1ccc[nH]c1=O)Nc1ccc(Cl)cc1F. The van der Waals surface area contributed by atoms with Crippen LogP contribution in [0.3, 0.4) is 0 Å². The molecule has 0 aliphatic rings. The topological polar surface area (TPSA) is 88.3 Å². The summed E-state index contributed by atoms with van der Waals surface area (Å²) in [4.78, 5) is 36.9. The van der Waals surface area contributed by atoms with E-state index >= 15 is 0 Å². The standard InChI is InChI=1S/C14H10ClFN2O4/c15-8-3-4-11(10(16)6-8)18-12(19)7-22-14(21)9-2-1-5-17-13(9)20/h1-6H,7H2,(H,17,20)(H,18,19). The van der Waals surface area contributed by atoms with Gasteiger partial charge in [-0.25, -0.2) is 9.18 Å². The molecular formula is C14H10ClFN2O4. The minimum atomic E-state index is -0.950. The highest BCUT2D eigenvalue weighted by Crippen LogP contribution is 2.18. The van der Waals surface area contributed by atoms with Crippen LogP contribution in [0.5, 0.6) is 0 Å². The first-order valence-corrected chi connectivity index (χ1v) is 6.45. The van der Waals surface area contributed by atoms with Crippen LogP contribution in [-0.4, -0.2) is 23.5 Å². The summed E-state index contributed by atoms with van der Waals surface area (Å²) < 4.78 is 18.2. The van der Waals surface area contributed by atoms with Crippen molar-refractivity contribution in [3.05, 3.63) is 63.3 Å². The van der Waals surface area contributed by atoms with Crippen molar-refractivity contribution >= 4 is 29.2 Å². The van der Waals surface area contributed by atoms with Crippen LogP contribution in [0, 0.1) is 5.82 Å². The number of ether oxygens (including phenoxy) is 1. The van der Waals surface area contributed by atoms with Gasteiger partial charge in [-0.05, 0) is 30.3 Å². The Labute approximate surface area is 128 Å². The van der Waals surface area contributed by atoms with E-state index in [-0.39, 0.29) is 16.3 Å². The first-order valence-electron chi connectivity index (χ1n) is 6.07. The van der Waals surface area contributed by atoms with Crippen LogP contribution in [-0.2, 0) is 9.53 Å². The van der Waals surface area contributed by atoms with E-state index in [0.29, 0.717) is 0 Å². The summed E-state index contributed by atoms with van der Waals surface area (Å²) in [6.07, 6.45) is 1.36. The van der Waals surface area contributed by atoms with Crippen LogP contribution in [0.1, 0.15) is 10.4 Å². The zero-order chi connectivity index (χ0) is 16.1. The Bertz CT molecular complexity index is 775. The predicted octanol–water partition coefficient (Wildman–Crippen LogP) is 1.96. The van der Waals surface area contributed by atoms with Gasteiger partial charge in [0.1, 0.15) is 11.4 Å². The second-order valence-electron chi connectivity index (χ2n) is 4.16. The van der Waals surface area contributed by atoms with E-state index in [9.17, 15) is 18.8 Å². The molecule has 1 aromatic heterocycles. The molecule has 2 N–H and O–H groups in total. The van der Waals surface area contributed by atoms with E-state index in [1.807, 2.05) is 0 Å². The molecule has 1 aromatic carbocycles.